The van der Waals surface area contributed by atoms with Crippen molar-refractivity contribution in [3.63, 3.8) is 0 Å². The van der Waals surface area contributed by atoms with Gasteiger partial charge < -0.3 is 19.4 Å². The molecule has 1 N–H and O–H groups in total. The van der Waals surface area contributed by atoms with Crippen LogP contribution in [0.15, 0.2) is 54.6 Å². The Hall–Kier alpha value is -3.97. The number of hydrogen-bond acceptors (Lipinski definition) is 5. The first-order valence-corrected chi connectivity index (χ1v) is 17.5. The van der Waals surface area contributed by atoms with E-state index in [4.69, 9.17) is 14.5 Å². The SMILES string of the molecule is Cc1cc(C)cc(-c2[nH]c3c(C(=O)OC(C)(C)C)nc(C(C)(C)C(=O)N4CC5CCC4CC5)cc3c2[C@H](C)COCc2ccccc2)c1. The number of nitrogens with one attached hydrogen (secondary N) is 1. The summed E-state index contributed by atoms with van der Waals surface area (Å²) in [5, 5.41) is 0.867. The fraction of sp³-hybridized carbons (Fsp3) is 0.488. The van der Waals surface area contributed by atoms with Crippen LogP contribution in [0.2, 0.25) is 0 Å². The first-order chi connectivity index (χ1) is 22.7. The summed E-state index contributed by atoms with van der Waals surface area (Å²) in [5.74, 6) is 0.0830. The molecule has 2 aromatic carbocycles. The van der Waals surface area contributed by atoms with E-state index in [2.05, 4.69) is 61.0 Å². The fourth-order valence-corrected chi connectivity index (χ4v) is 7.66. The number of fused-ring (bicyclic) bond motifs is 4. The van der Waals surface area contributed by atoms with E-state index in [0.29, 0.717) is 30.3 Å². The molecule has 4 heterocycles. The molecule has 2 saturated heterocycles. The van der Waals surface area contributed by atoms with E-state index in [-0.39, 0.29) is 23.6 Å². The predicted octanol–water partition coefficient (Wildman–Crippen LogP) is 8.80. The third-order valence-electron chi connectivity index (χ3n) is 10.1. The number of ether oxygens (including phenoxy) is 2. The Morgan fingerprint density at radius 2 is 1.62 bits per heavy atom. The van der Waals surface area contributed by atoms with Crippen LogP contribution < -0.4 is 0 Å². The van der Waals surface area contributed by atoms with Gasteiger partial charge >= 0.3 is 5.97 Å². The number of pyridine rings is 1. The number of aromatic amines is 1. The van der Waals surface area contributed by atoms with E-state index in [1.165, 1.54) is 12.8 Å². The average molecular weight is 650 g/mol. The highest BCUT2D eigenvalue weighted by molar-refractivity contribution is 6.05. The predicted molar refractivity (Wildman–Crippen MR) is 191 cm³/mol. The molecule has 3 aliphatic rings. The van der Waals surface area contributed by atoms with Crippen molar-refractivity contribution in [1.82, 2.24) is 14.9 Å². The molecule has 48 heavy (non-hydrogen) atoms. The second-order valence-corrected chi connectivity index (χ2v) is 15.7. The minimum Gasteiger partial charge on any atom is -0.455 e. The van der Waals surface area contributed by atoms with Crippen molar-refractivity contribution in [3.8, 4) is 11.3 Å². The van der Waals surface area contributed by atoms with Crippen LogP contribution in [0.4, 0.5) is 0 Å². The Balaban J connectivity index is 1.50. The van der Waals surface area contributed by atoms with Gasteiger partial charge in [-0.15, -0.1) is 0 Å². The normalized spacial score (nSPS) is 18.7. The molecule has 0 radical (unpaired) electrons. The van der Waals surface area contributed by atoms with Crippen molar-refractivity contribution >= 4 is 22.8 Å². The summed E-state index contributed by atoms with van der Waals surface area (Å²) in [5.41, 5.74) is 6.13. The second-order valence-electron chi connectivity index (χ2n) is 15.7. The van der Waals surface area contributed by atoms with Crippen molar-refractivity contribution < 1.29 is 19.1 Å². The summed E-state index contributed by atoms with van der Waals surface area (Å²) in [4.78, 5) is 39.1. The maximum Gasteiger partial charge on any atom is 0.359 e. The zero-order valence-electron chi connectivity index (χ0n) is 29.9. The lowest BCUT2D eigenvalue weighted by Crippen LogP contribution is -2.55. The van der Waals surface area contributed by atoms with Crippen LogP contribution in [-0.4, -0.2) is 51.5 Å². The van der Waals surface area contributed by atoms with Crippen LogP contribution in [0, 0.1) is 19.8 Å². The van der Waals surface area contributed by atoms with Gasteiger partial charge in [0.1, 0.15) is 5.60 Å². The Kier molecular flexibility index (Phi) is 9.29. The van der Waals surface area contributed by atoms with Crippen molar-refractivity contribution in [2.24, 2.45) is 5.92 Å². The molecule has 0 unspecified atom stereocenters. The molecule has 2 bridgehead atoms. The Morgan fingerprint density at radius 3 is 2.23 bits per heavy atom. The molecule has 3 fully saturated rings. The maximum absolute atomic E-state index is 14.4. The Bertz CT molecular complexity index is 1790. The number of hydrogen-bond donors (Lipinski definition) is 1. The topological polar surface area (TPSA) is 84.5 Å². The van der Waals surface area contributed by atoms with Gasteiger partial charge in [0, 0.05) is 23.9 Å². The highest BCUT2D eigenvalue weighted by Gasteiger charge is 2.44. The Morgan fingerprint density at radius 1 is 0.958 bits per heavy atom. The summed E-state index contributed by atoms with van der Waals surface area (Å²) >= 11 is 0. The number of aromatic nitrogens is 2. The van der Waals surface area contributed by atoms with Crippen molar-refractivity contribution in [1.29, 1.82) is 0 Å². The van der Waals surface area contributed by atoms with Crippen LogP contribution in [0.25, 0.3) is 22.2 Å². The third-order valence-corrected chi connectivity index (χ3v) is 10.1. The minimum atomic E-state index is -0.954. The van der Waals surface area contributed by atoms with Gasteiger partial charge in [0.2, 0.25) is 5.91 Å². The van der Waals surface area contributed by atoms with Crippen LogP contribution in [0.3, 0.4) is 0 Å². The Labute approximate surface area is 285 Å². The number of benzene rings is 2. The third kappa shape index (κ3) is 6.93. The van der Waals surface area contributed by atoms with Gasteiger partial charge in [-0.1, -0.05) is 54.4 Å². The summed E-state index contributed by atoms with van der Waals surface area (Å²) in [6, 6.07) is 19.0. The number of aryl methyl sites for hydroxylation is 2. The van der Waals surface area contributed by atoms with Gasteiger partial charge in [0.25, 0.3) is 0 Å². The fourth-order valence-electron chi connectivity index (χ4n) is 7.66. The molecule has 7 rings (SSSR count). The number of carbonyl (C=O) groups excluding carboxylic acids is 2. The number of H-pyrrole nitrogens is 1. The highest BCUT2D eigenvalue weighted by atomic mass is 16.6. The van der Waals surface area contributed by atoms with Gasteiger partial charge in [-0.2, -0.15) is 0 Å². The monoisotopic (exact) mass is 649 g/mol. The number of esters is 1. The molecule has 7 nitrogen and oxygen atoms in total. The molecule has 7 heteroatoms. The summed E-state index contributed by atoms with van der Waals surface area (Å²) in [6.45, 7) is 17.6. The number of carbonyl (C=O) groups is 2. The van der Waals surface area contributed by atoms with Crippen molar-refractivity contribution in [2.45, 2.75) is 111 Å². The average Bonchev–Trinajstić information content (AvgIpc) is 3.43. The molecule has 2 aliphatic heterocycles. The molecule has 1 saturated carbocycles. The second kappa shape index (κ2) is 13.1. The van der Waals surface area contributed by atoms with Crippen LogP contribution in [-0.2, 0) is 26.3 Å². The zero-order valence-corrected chi connectivity index (χ0v) is 29.9. The van der Waals surface area contributed by atoms with E-state index in [1.807, 2.05) is 58.9 Å². The lowest BCUT2D eigenvalue weighted by Gasteiger charge is -2.47. The maximum atomic E-state index is 14.4. The minimum absolute atomic E-state index is 0.0448. The van der Waals surface area contributed by atoms with E-state index in [0.717, 1.165) is 58.3 Å². The first kappa shape index (κ1) is 33.9. The lowest BCUT2D eigenvalue weighted by molar-refractivity contribution is -0.144. The van der Waals surface area contributed by atoms with Crippen LogP contribution in [0.5, 0.6) is 0 Å². The van der Waals surface area contributed by atoms with E-state index in [1.54, 1.807) is 0 Å². The first-order valence-electron chi connectivity index (χ1n) is 17.5. The quantitative estimate of drug-likeness (QED) is 0.183. The van der Waals surface area contributed by atoms with Gasteiger partial charge in [0.15, 0.2) is 5.69 Å². The smallest absolute Gasteiger partial charge is 0.359 e. The number of piperidine rings is 2. The molecule has 1 aliphatic carbocycles. The van der Waals surface area contributed by atoms with E-state index >= 15 is 0 Å². The molecule has 0 spiro atoms. The molecular weight excluding hydrogens is 598 g/mol. The zero-order chi connectivity index (χ0) is 34.4. The number of nitrogens with zero attached hydrogens (tertiary/aromatic N) is 2. The van der Waals surface area contributed by atoms with Gasteiger partial charge in [-0.25, -0.2) is 9.78 Å². The summed E-state index contributed by atoms with van der Waals surface area (Å²) in [6.07, 6.45) is 4.51. The van der Waals surface area contributed by atoms with Gasteiger partial charge in [-0.3, -0.25) is 4.79 Å². The molecule has 1 atom stereocenters. The molecular formula is C41H51N3O4. The summed E-state index contributed by atoms with van der Waals surface area (Å²) in [7, 11) is 0. The summed E-state index contributed by atoms with van der Waals surface area (Å²) < 4.78 is 12.2. The van der Waals surface area contributed by atoms with Gasteiger partial charge in [0.05, 0.1) is 35.5 Å². The molecule has 4 aromatic rings. The highest BCUT2D eigenvalue weighted by Crippen LogP contribution is 2.42. The van der Waals surface area contributed by atoms with Crippen molar-refractivity contribution in [2.75, 3.05) is 13.2 Å². The number of amides is 1. The van der Waals surface area contributed by atoms with Crippen LogP contribution in [0.1, 0.15) is 112 Å². The van der Waals surface area contributed by atoms with E-state index < -0.39 is 17.0 Å². The van der Waals surface area contributed by atoms with Gasteiger partial charge in [-0.05, 0) is 115 Å². The van der Waals surface area contributed by atoms with Crippen molar-refractivity contribution in [3.05, 3.63) is 88.2 Å². The molecule has 2 aromatic heterocycles. The largest absolute Gasteiger partial charge is 0.455 e. The standard InChI is InChI=1S/C41H51N3O4/c1-25-18-26(2)20-30(19-25)35-34(27(3)23-47-24-29-12-10-9-11-13-29)32-21-33(42-37(36(32)43-35)38(45)48-40(4,5)6)41(7,8)39(46)44-22-28-14-16-31(44)17-15-28/h9-13,18-21,27-28,31,43H,14-17,22-24H2,1-8H3/t27-,28?,31?/m1/s1. The van der Waals surface area contributed by atoms with Crippen LogP contribution >= 0.6 is 0 Å². The number of rotatable bonds is 9. The molecule has 1 amide bonds. The lowest BCUT2D eigenvalue weighted by atomic mass is 9.77. The molecule has 254 valence electrons. The van der Waals surface area contributed by atoms with E-state index in [9.17, 15) is 9.59 Å².